The molecule has 22 heavy (non-hydrogen) atoms. The maximum Gasteiger partial charge on any atom is 0.0998 e. The van der Waals surface area contributed by atoms with E-state index in [4.69, 9.17) is 5.73 Å². The van der Waals surface area contributed by atoms with E-state index in [1.54, 1.807) is 0 Å². The van der Waals surface area contributed by atoms with Crippen molar-refractivity contribution in [1.82, 2.24) is 9.88 Å². The maximum atomic E-state index is 9.66. The molecule has 0 radical (unpaired) electrons. The van der Waals surface area contributed by atoms with Gasteiger partial charge in [-0.15, -0.1) is 6.58 Å². The molecule has 2 heterocycles. The van der Waals surface area contributed by atoms with Gasteiger partial charge < -0.3 is 15.8 Å². The Morgan fingerprint density at radius 1 is 1.50 bits per heavy atom. The number of hydrogen-bond acceptors (Lipinski definition) is 3. The molecule has 0 amide bonds. The number of aromatic nitrogens is 1. The zero-order valence-corrected chi connectivity index (χ0v) is 12.5. The van der Waals surface area contributed by atoms with Crippen molar-refractivity contribution >= 4 is 16.5 Å². The van der Waals surface area contributed by atoms with Crippen molar-refractivity contribution in [3.05, 3.63) is 54.3 Å². The van der Waals surface area contributed by atoms with Crippen molar-refractivity contribution < 1.29 is 5.11 Å². The van der Waals surface area contributed by atoms with Crippen LogP contribution in [0.15, 0.2) is 43.1 Å². The van der Waals surface area contributed by atoms with Gasteiger partial charge in [-0.1, -0.05) is 24.3 Å². The predicted octanol–water partition coefficient (Wildman–Crippen LogP) is 1.87. The average molecular weight is 295 g/mol. The van der Waals surface area contributed by atoms with E-state index >= 15 is 0 Å². The van der Waals surface area contributed by atoms with Gasteiger partial charge >= 0.3 is 0 Å². The number of aromatic amines is 1. The van der Waals surface area contributed by atoms with Crippen LogP contribution in [0.25, 0.3) is 16.5 Å². The van der Waals surface area contributed by atoms with E-state index in [1.807, 2.05) is 6.08 Å². The van der Waals surface area contributed by atoms with Crippen LogP contribution in [0.3, 0.4) is 0 Å². The molecule has 4 heteroatoms. The minimum atomic E-state index is -0.524. The summed E-state index contributed by atoms with van der Waals surface area (Å²) in [6.07, 6.45) is 6.91. The summed E-state index contributed by atoms with van der Waals surface area (Å²) >= 11 is 0. The Labute approximate surface area is 129 Å². The molecule has 4 N–H and O–H groups in total. The van der Waals surface area contributed by atoms with Crippen LogP contribution < -0.4 is 5.73 Å². The minimum absolute atomic E-state index is 0.113. The average Bonchev–Trinajstić information content (AvgIpc) is 2.93. The van der Waals surface area contributed by atoms with E-state index in [0.29, 0.717) is 0 Å². The number of aliphatic hydroxyl groups is 1. The highest BCUT2D eigenvalue weighted by Gasteiger charge is 2.44. The largest absolute Gasteiger partial charge is 0.396 e. The Kier molecular flexibility index (Phi) is 3.01. The van der Waals surface area contributed by atoms with Crippen molar-refractivity contribution in [3.63, 3.8) is 0 Å². The molecule has 1 aliphatic carbocycles. The number of fused-ring (bicyclic) bond motifs is 2. The van der Waals surface area contributed by atoms with Gasteiger partial charge in [0.1, 0.15) is 0 Å². The van der Waals surface area contributed by atoms with Crippen LogP contribution in [0.5, 0.6) is 0 Å². The number of H-pyrrole nitrogens is 1. The first-order valence-corrected chi connectivity index (χ1v) is 7.74. The maximum absolute atomic E-state index is 9.66. The van der Waals surface area contributed by atoms with E-state index in [2.05, 4.69) is 46.9 Å². The molecule has 2 unspecified atom stereocenters. The molecule has 4 rings (SSSR count). The number of hydrogen-bond donors (Lipinski definition) is 3. The number of aliphatic hydroxyl groups excluding tert-OH is 1. The highest BCUT2D eigenvalue weighted by molar-refractivity contribution is 5.99. The first-order chi connectivity index (χ1) is 10.7. The first kappa shape index (κ1) is 13.8. The van der Waals surface area contributed by atoms with E-state index in [9.17, 15) is 5.11 Å². The first-order valence-electron chi connectivity index (χ1n) is 7.74. The van der Waals surface area contributed by atoms with Crippen LogP contribution >= 0.6 is 0 Å². The summed E-state index contributed by atoms with van der Waals surface area (Å²) in [4.78, 5) is 5.59. The molecular weight excluding hydrogens is 274 g/mol. The van der Waals surface area contributed by atoms with Crippen LogP contribution in [0.1, 0.15) is 11.1 Å². The van der Waals surface area contributed by atoms with Crippen molar-refractivity contribution in [2.45, 2.75) is 12.1 Å². The molecule has 1 aromatic carbocycles. The van der Waals surface area contributed by atoms with Crippen LogP contribution in [-0.2, 0) is 6.42 Å². The predicted molar refractivity (Wildman–Crippen MR) is 89.2 cm³/mol. The topological polar surface area (TPSA) is 65.3 Å². The fourth-order valence-electron chi connectivity index (χ4n) is 3.99. The third-order valence-electron chi connectivity index (χ3n) is 5.01. The SMILES string of the molecule is C=CCN1CC(CO)C=C2c3cccc4[nH]cc(c34)CC21N. The molecule has 2 aliphatic rings. The molecule has 0 bridgehead atoms. The summed E-state index contributed by atoms with van der Waals surface area (Å²) in [5.74, 6) is 0.113. The summed E-state index contributed by atoms with van der Waals surface area (Å²) in [6, 6.07) is 6.29. The smallest absolute Gasteiger partial charge is 0.0998 e. The normalized spacial score (nSPS) is 27.5. The monoisotopic (exact) mass is 295 g/mol. The fraction of sp³-hybridized carbons (Fsp3) is 0.333. The van der Waals surface area contributed by atoms with E-state index in [0.717, 1.165) is 30.6 Å². The minimum Gasteiger partial charge on any atom is -0.396 e. The van der Waals surface area contributed by atoms with Crippen molar-refractivity contribution in [2.24, 2.45) is 11.7 Å². The molecule has 0 saturated carbocycles. The molecule has 0 spiro atoms. The van der Waals surface area contributed by atoms with Gasteiger partial charge in [-0.2, -0.15) is 0 Å². The standard InChI is InChI=1S/C18H21N3O/c1-2-6-21-10-12(11-22)7-15-14-4-3-5-16-17(14)13(9-20-16)8-18(15,21)19/h2-5,7,9,12,20,22H,1,6,8,10-11,19H2. The van der Waals surface area contributed by atoms with Gasteiger partial charge in [0.15, 0.2) is 0 Å². The van der Waals surface area contributed by atoms with Crippen molar-refractivity contribution in [1.29, 1.82) is 0 Å². The van der Waals surface area contributed by atoms with Gasteiger partial charge in [0.05, 0.1) is 12.3 Å². The quantitative estimate of drug-likeness (QED) is 0.757. The zero-order valence-electron chi connectivity index (χ0n) is 12.5. The van der Waals surface area contributed by atoms with E-state index < -0.39 is 5.66 Å². The van der Waals surface area contributed by atoms with Gasteiger partial charge in [0.25, 0.3) is 0 Å². The summed E-state index contributed by atoms with van der Waals surface area (Å²) in [7, 11) is 0. The molecule has 0 fully saturated rings. The second-order valence-corrected chi connectivity index (χ2v) is 6.36. The van der Waals surface area contributed by atoms with Gasteiger partial charge in [0, 0.05) is 42.5 Å². The van der Waals surface area contributed by atoms with Crippen LogP contribution in [0, 0.1) is 5.92 Å². The molecule has 2 aromatic rings. The molecule has 114 valence electrons. The number of nitrogens with zero attached hydrogens (tertiary/aromatic N) is 1. The Hall–Kier alpha value is -1.88. The number of benzene rings is 1. The van der Waals surface area contributed by atoms with E-state index in [1.165, 1.54) is 16.5 Å². The summed E-state index contributed by atoms with van der Waals surface area (Å²) in [5.41, 5.74) is 11.1. The van der Waals surface area contributed by atoms with Gasteiger partial charge in [-0.25, -0.2) is 0 Å². The summed E-state index contributed by atoms with van der Waals surface area (Å²) in [6.45, 7) is 5.49. The van der Waals surface area contributed by atoms with Gasteiger partial charge in [0.2, 0.25) is 0 Å². The Bertz CT molecular complexity index is 776. The van der Waals surface area contributed by atoms with Crippen LogP contribution in [-0.4, -0.2) is 40.3 Å². The highest BCUT2D eigenvalue weighted by atomic mass is 16.3. The van der Waals surface area contributed by atoms with Gasteiger partial charge in [-0.3, -0.25) is 4.90 Å². The second kappa shape index (κ2) is 4.81. The Morgan fingerprint density at radius 2 is 2.36 bits per heavy atom. The second-order valence-electron chi connectivity index (χ2n) is 6.36. The lowest BCUT2D eigenvalue weighted by molar-refractivity contribution is 0.109. The highest BCUT2D eigenvalue weighted by Crippen LogP contribution is 2.44. The lowest BCUT2D eigenvalue weighted by Gasteiger charge is -2.49. The third-order valence-corrected chi connectivity index (χ3v) is 5.01. The van der Waals surface area contributed by atoms with Crippen LogP contribution in [0.4, 0.5) is 0 Å². The molecule has 1 aliphatic heterocycles. The Balaban J connectivity index is 1.96. The third kappa shape index (κ3) is 1.75. The molecule has 4 nitrogen and oxygen atoms in total. The number of nitrogens with two attached hydrogens (primary N) is 1. The number of rotatable bonds is 3. The molecule has 0 saturated heterocycles. The Morgan fingerprint density at radius 3 is 3.14 bits per heavy atom. The lowest BCUT2D eigenvalue weighted by atomic mass is 9.75. The molecule has 2 atom stereocenters. The zero-order chi connectivity index (χ0) is 15.3. The molecule has 1 aromatic heterocycles. The summed E-state index contributed by atoms with van der Waals surface area (Å²) in [5, 5.41) is 10.9. The van der Waals surface area contributed by atoms with Gasteiger partial charge in [-0.05, 0) is 22.8 Å². The number of nitrogens with one attached hydrogen (secondary N) is 1. The van der Waals surface area contributed by atoms with Crippen LogP contribution in [0.2, 0.25) is 0 Å². The van der Waals surface area contributed by atoms with Crippen molar-refractivity contribution in [3.8, 4) is 0 Å². The van der Waals surface area contributed by atoms with E-state index in [-0.39, 0.29) is 12.5 Å². The summed E-state index contributed by atoms with van der Waals surface area (Å²) < 4.78 is 0. The fourth-order valence-corrected chi connectivity index (χ4v) is 3.99. The lowest BCUT2D eigenvalue weighted by Crippen LogP contribution is -2.62. The van der Waals surface area contributed by atoms with Crippen molar-refractivity contribution in [2.75, 3.05) is 19.7 Å². The molecular formula is C18H21N3O.